The molecule has 17 heavy (non-hydrogen) atoms. The van der Waals surface area contributed by atoms with Crippen LogP contribution in [-0.4, -0.2) is 29.7 Å². The van der Waals surface area contributed by atoms with E-state index in [1.54, 1.807) is 0 Å². The average Bonchev–Trinajstić information content (AvgIpc) is 2.40. The molecule has 3 N–H and O–H groups in total. The van der Waals surface area contributed by atoms with Gasteiger partial charge in [-0.05, 0) is 43.0 Å². The Kier molecular flexibility index (Phi) is 4.54. The van der Waals surface area contributed by atoms with Crippen molar-refractivity contribution in [1.82, 2.24) is 4.90 Å². The third-order valence-corrected chi connectivity index (χ3v) is 3.63. The molecule has 0 radical (unpaired) electrons. The van der Waals surface area contributed by atoms with E-state index in [-0.39, 0.29) is 0 Å². The van der Waals surface area contributed by atoms with Crippen molar-refractivity contribution >= 4 is 0 Å². The fourth-order valence-corrected chi connectivity index (χ4v) is 2.37. The summed E-state index contributed by atoms with van der Waals surface area (Å²) in [5.41, 5.74) is 8.12. The first kappa shape index (κ1) is 12.6. The van der Waals surface area contributed by atoms with Crippen LogP contribution in [0.1, 0.15) is 24.0 Å². The van der Waals surface area contributed by atoms with Crippen LogP contribution in [-0.2, 0) is 13.1 Å². The summed E-state index contributed by atoms with van der Waals surface area (Å²) in [6.45, 7) is 4.18. The van der Waals surface area contributed by atoms with E-state index in [1.165, 1.54) is 11.1 Å². The van der Waals surface area contributed by atoms with Gasteiger partial charge in [-0.3, -0.25) is 4.90 Å². The molecule has 0 bridgehead atoms. The second kappa shape index (κ2) is 6.15. The van der Waals surface area contributed by atoms with E-state index in [2.05, 4.69) is 29.2 Å². The number of nitrogens with two attached hydrogens (primary N) is 1. The first-order chi connectivity index (χ1) is 8.31. The number of benzene rings is 1. The van der Waals surface area contributed by atoms with Crippen molar-refractivity contribution in [2.24, 2.45) is 11.7 Å². The van der Waals surface area contributed by atoms with Crippen LogP contribution in [0.2, 0.25) is 0 Å². The third-order valence-electron chi connectivity index (χ3n) is 3.63. The van der Waals surface area contributed by atoms with Crippen LogP contribution >= 0.6 is 0 Å². The fraction of sp³-hybridized carbons (Fsp3) is 0.571. The highest BCUT2D eigenvalue weighted by Gasteiger charge is 2.18. The number of likely N-dealkylation sites (tertiary alicyclic amines) is 1. The van der Waals surface area contributed by atoms with Gasteiger partial charge >= 0.3 is 0 Å². The molecule has 1 aliphatic heterocycles. The van der Waals surface area contributed by atoms with E-state index in [0.29, 0.717) is 19.1 Å². The van der Waals surface area contributed by atoms with Crippen molar-refractivity contribution in [3.05, 3.63) is 35.4 Å². The number of hydrogen-bond donors (Lipinski definition) is 2. The molecule has 0 atom stereocenters. The van der Waals surface area contributed by atoms with Gasteiger partial charge in [0.1, 0.15) is 0 Å². The lowest BCUT2D eigenvalue weighted by atomic mass is 9.97. The standard InChI is InChI=1S/C14H22N2O/c15-9-12-1-3-13(4-2-12)10-16-7-5-14(11-17)6-8-16/h1-4,14,17H,5-11,15H2. The first-order valence-electron chi connectivity index (χ1n) is 6.43. The summed E-state index contributed by atoms with van der Waals surface area (Å²) in [5, 5.41) is 9.09. The second-order valence-electron chi connectivity index (χ2n) is 4.92. The molecule has 0 saturated carbocycles. The van der Waals surface area contributed by atoms with E-state index in [0.717, 1.165) is 32.5 Å². The Labute approximate surface area is 103 Å². The largest absolute Gasteiger partial charge is 0.396 e. The van der Waals surface area contributed by atoms with Gasteiger partial charge < -0.3 is 10.8 Å². The molecule has 0 unspecified atom stereocenters. The maximum Gasteiger partial charge on any atom is 0.0460 e. The molecule has 1 aromatic rings. The highest BCUT2D eigenvalue weighted by atomic mass is 16.3. The zero-order chi connectivity index (χ0) is 12.1. The summed E-state index contributed by atoms with van der Waals surface area (Å²) >= 11 is 0. The predicted molar refractivity (Wildman–Crippen MR) is 69.4 cm³/mol. The molecule has 1 fully saturated rings. The van der Waals surface area contributed by atoms with Crippen molar-refractivity contribution in [1.29, 1.82) is 0 Å². The second-order valence-corrected chi connectivity index (χ2v) is 4.92. The molecule has 0 spiro atoms. The maximum atomic E-state index is 9.09. The Balaban J connectivity index is 1.84. The van der Waals surface area contributed by atoms with Crippen molar-refractivity contribution < 1.29 is 5.11 Å². The number of rotatable bonds is 4. The van der Waals surface area contributed by atoms with Gasteiger partial charge in [-0.2, -0.15) is 0 Å². The molecule has 2 rings (SSSR count). The van der Waals surface area contributed by atoms with Crippen LogP contribution in [0.5, 0.6) is 0 Å². The molecule has 0 aromatic heterocycles. The highest BCUT2D eigenvalue weighted by molar-refractivity contribution is 5.22. The van der Waals surface area contributed by atoms with Crippen molar-refractivity contribution in [3.63, 3.8) is 0 Å². The molecule has 94 valence electrons. The Morgan fingerprint density at radius 3 is 2.24 bits per heavy atom. The van der Waals surface area contributed by atoms with Gasteiger partial charge in [-0.1, -0.05) is 24.3 Å². The van der Waals surface area contributed by atoms with E-state index in [1.807, 2.05) is 0 Å². The fourth-order valence-electron chi connectivity index (χ4n) is 2.37. The highest BCUT2D eigenvalue weighted by Crippen LogP contribution is 2.18. The lowest BCUT2D eigenvalue weighted by Gasteiger charge is -2.31. The minimum Gasteiger partial charge on any atom is -0.396 e. The Bertz CT molecular complexity index is 329. The van der Waals surface area contributed by atoms with E-state index in [9.17, 15) is 0 Å². The van der Waals surface area contributed by atoms with E-state index >= 15 is 0 Å². The molecular weight excluding hydrogens is 212 g/mol. The molecule has 0 amide bonds. The molecule has 3 heteroatoms. The van der Waals surface area contributed by atoms with Crippen LogP contribution < -0.4 is 5.73 Å². The minimum atomic E-state index is 0.346. The Hall–Kier alpha value is -0.900. The van der Waals surface area contributed by atoms with Gasteiger partial charge in [-0.15, -0.1) is 0 Å². The van der Waals surface area contributed by atoms with Crippen LogP contribution in [0, 0.1) is 5.92 Å². The molecular formula is C14H22N2O. The predicted octanol–water partition coefficient (Wildman–Crippen LogP) is 1.35. The normalized spacial score (nSPS) is 18.5. The van der Waals surface area contributed by atoms with Gasteiger partial charge in [0.15, 0.2) is 0 Å². The summed E-state index contributed by atoms with van der Waals surface area (Å²) in [5.74, 6) is 0.519. The van der Waals surface area contributed by atoms with Gasteiger partial charge in [-0.25, -0.2) is 0 Å². The maximum absolute atomic E-state index is 9.09. The molecule has 1 aliphatic rings. The number of hydrogen-bond acceptors (Lipinski definition) is 3. The SMILES string of the molecule is NCc1ccc(CN2CCC(CO)CC2)cc1. The number of nitrogens with zero attached hydrogens (tertiary/aromatic N) is 1. The van der Waals surface area contributed by atoms with Crippen LogP contribution in [0.25, 0.3) is 0 Å². The third kappa shape index (κ3) is 3.53. The molecule has 3 nitrogen and oxygen atoms in total. The lowest BCUT2D eigenvalue weighted by molar-refractivity contribution is 0.127. The summed E-state index contributed by atoms with van der Waals surface area (Å²) in [7, 11) is 0. The topological polar surface area (TPSA) is 49.5 Å². The van der Waals surface area contributed by atoms with Gasteiger partial charge in [0, 0.05) is 19.7 Å². The van der Waals surface area contributed by atoms with Gasteiger partial charge in [0.25, 0.3) is 0 Å². The summed E-state index contributed by atoms with van der Waals surface area (Å²) in [4.78, 5) is 2.46. The van der Waals surface area contributed by atoms with Crippen LogP contribution in [0.3, 0.4) is 0 Å². The van der Waals surface area contributed by atoms with Crippen molar-refractivity contribution in [3.8, 4) is 0 Å². The summed E-state index contributed by atoms with van der Waals surface area (Å²) in [6, 6.07) is 8.55. The summed E-state index contributed by atoms with van der Waals surface area (Å²) in [6.07, 6.45) is 2.24. The van der Waals surface area contributed by atoms with E-state index < -0.39 is 0 Å². The number of aliphatic hydroxyl groups excluding tert-OH is 1. The Morgan fingerprint density at radius 2 is 1.71 bits per heavy atom. The quantitative estimate of drug-likeness (QED) is 0.827. The van der Waals surface area contributed by atoms with Gasteiger partial charge in [0.05, 0.1) is 0 Å². The number of aliphatic hydroxyl groups is 1. The van der Waals surface area contributed by atoms with Crippen LogP contribution in [0.15, 0.2) is 24.3 Å². The minimum absolute atomic E-state index is 0.346. The van der Waals surface area contributed by atoms with Crippen molar-refractivity contribution in [2.45, 2.75) is 25.9 Å². The smallest absolute Gasteiger partial charge is 0.0460 e. The lowest BCUT2D eigenvalue weighted by Crippen LogP contribution is -2.34. The zero-order valence-corrected chi connectivity index (χ0v) is 10.3. The monoisotopic (exact) mass is 234 g/mol. The average molecular weight is 234 g/mol. The molecule has 0 aliphatic carbocycles. The van der Waals surface area contributed by atoms with Crippen LogP contribution in [0.4, 0.5) is 0 Å². The van der Waals surface area contributed by atoms with Gasteiger partial charge in [0.2, 0.25) is 0 Å². The number of piperidine rings is 1. The summed E-state index contributed by atoms with van der Waals surface area (Å²) < 4.78 is 0. The Morgan fingerprint density at radius 1 is 1.12 bits per heavy atom. The molecule has 1 saturated heterocycles. The molecule has 1 heterocycles. The van der Waals surface area contributed by atoms with Crippen molar-refractivity contribution in [2.75, 3.05) is 19.7 Å². The first-order valence-corrected chi connectivity index (χ1v) is 6.43. The van der Waals surface area contributed by atoms with E-state index in [4.69, 9.17) is 10.8 Å². The zero-order valence-electron chi connectivity index (χ0n) is 10.3. The molecule has 1 aromatic carbocycles.